The van der Waals surface area contributed by atoms with Crippen molar-refractivity contribution >= 4 is 11.9 Å². The molecule has 0 radical (unpaired) electrons. The van der Waals surface area contributed by atoms with Crippen LogP contribution in [0.1, 0.15) is 30.0 Å². The first-order chi connectivity index (χ1) is 10.9. The van der Waals surface area contributed by atoms with Gasteiger partial charge in [-0.1, -0.05) is 23.8 Å². The fourth-order valence-corrected chi connectivity index (χ4v) is 2.96. The second-order valence-electron chi connectivity index (χ2n) is 6.26. The van der Waals surface area contributed by atoms with Gasteiger partial charge in [0.2, 0.25) is 0 Å². The lowest BCUT2D eigenvalue weighted by atomic mass is 9.87. The van der Waals surface area contributed by atoms with Crippen LogP contribution in [0.4, 0.5) is 18.0 Å². The summed E-state index contributed by atoms with van der Waals surface area (Å²) >= 11 is 0. The largest absolute Gasteiger partial charge is 0.391 e. The Kier molecular flexibility index (Phi) is 4.63. The molecule has 5 nitrogen and oxygen atoms in total. The minimum atomic E-state index is -4.57. The average molecular weight is 344 g/mol. The van der Waals surface area contributed by atoms with Crippen LogP contribution in [0.2, 0.25) is 0 Å². The molecule has 1 aliphatic heterocycles. The van der Waals surface area contributed by atoms with E-state index in [0.29, 0.717) is 10.5 Å². The van der Waals surface area contributed by atoms with Crippen molar-refractivity contribution in [2.75, 3.05) is 6.54 Å². The standard InChI is InChI=1S/C16H19F3N2O3/c1-9-4-5-12(10(2)6-9)15(3)13(23)21(14(24)20-15)8-11(22)7-16(17,18)19/h4-6,11,22H,7-8H2,1-3H3,(H,20,24)/t11-,15+/m0/s1. The van der Waals surface area contributed by atoms with E-state index in [1.165, 1.54) is 6.92 Å². The van der Waals surface area contributed by atoms with Crippen molar-refractivity contribution in [3.63, 3.8) is 0 Å². The van der Waals surface area contributed by atoms with E-state index in [4.69, 9.17) is 0 Å². The number of aryl methyl sites for hydroxylation is 2. The molecule has 24 heavy (non-hydrogen) atoms. The van der Waals surface area contributed by atoms with Crippen LogP contribution >= 0.6 is 0 Å². The maximum atomic E-state index is 12.6. The first kappa shape index (κ1) is 18.3. The molecular weight excluding hydrogens is 325 g/mol. The number of nitrogens with one attached hydrogen (secondary N) is 1. The number of urea groups is 1. The summed E-state index contributed by atoms with van der Waals surface area (Å²) in [6.45, 7) is 4.47. The van der Waals surface area contributed by atoms with Gasteiger partial charge in [0.1, 0.15) is 5.54 Å². The number of hydrogen-bond acceptors (Lipinski definition) is 3. The molecule has 8 heteroatoms. The number of amides is 3. The summed E-state index contributed by atoms with van der Waals surface area (Å²) < 4.78 is 37.0. The lowest BCUT2D eigenvalue weighted by Gasteiger charge is -2.25. The molecule has 1 aromatic rings. The molecule has 3 amide bonds. The summed E-state index contributed by atoms with van der Waals surface area (Å²) in [6, 6.07) is 4.53. The highest BCUT2D eigenvalue weighted by molar-refractivity contribution is 6.07. The molecule has 0 saturated carbocycles. The average Bonchev–Trinajstić information content (AvgIpc) is 2.61. The van der Waals surface area contributed by atoms with Crippen LogP contribution in [0.15, 0.2) is 18.2 Å². The lowest BCUT2D eigenvalue weighted by molar-refractivity contribution is -0.156. The Hall–Kier alpha value is -2.09. The molecular formula is C16H19F3N2O3. The molecule has 0 spiro atoms. The lowest BCUT2D eigenvalue weighted by Crippen LogP contribution is -2.43. The number of β-amino-alcohol motifs (C(OH)–C–C–N with tert-alkyl or cyclic N) is 1. The molecule has 1 saturated heterocycles. The van der Waals surface area contributed by atoms with E-state index in [2.05, 4.69) is 5.32 Å². The number of rotatable bonds is 4. The monoisotopic (exact) mass is 344 g/mol. The first-order valence-electron chi connectivity index (χ1n) is 7.40. The zero-order valence-corrected chi connectivity index (χ0v) is 13.6. The van der Waals surface area contributed by atoms with Crippen LogP contribution in [-0.4, -0.2) is 40.8 Å². The number of imide groups is 1. The van der Waals surface area contributed by atoms with Crippen LogP contribution in [0.3, 0.4) is 0 Å². The van der Waals surface area contributed by atoms with Crippen LogP contribution in [-0.2, 0) is 10.3 Å². The summed E-state index contributed by atoms with van der Waals surface area (Å²) in [5.41, 5.74) is 0.962. The summed E-state index contributed by atoms with van der Waals surface area (Å²) in [7, 11) is 0. The van der Waals surface area contributed by atoms with Gasteiger partial charge in [-0.25, -0.2) is 4.79 Å². The van der Waals surface area contributed by atoms with Gasteiger partial charge in [0.15, 0.2) is 0 Å². The number of carbonyl (C=O) groups excluding carboxylic acids is 2. The zero-order chi connectivity index (χ0) is 18.3. The Bertz CT molecular complexity index is 675. The molecule has 2 N–H and O–H groups in total. The molecule has 1 aliphatic rings. The number of nitrogens with zero attached hydrogens (tertiary/aromatic N) is 1. The van der Waals surface area contributed by atoms with E-state index in [-0.39, 0.29) is 0 Å². The third kappa shape index (κ3) is 3.53. The smallest absolute Gasteiger partial charge is 0.391 e. The van der Waals surface area contributed by atoms with E-state index >= 15 is 0 Å². The van der Waals surface area contributed by atoms with Crippen molar-refractivity contribution in [2.24, 2.45) is 0 Å². The molecule has 2 rings (SSSR count). The fourth-order valence-electron chi connectivity index (χ4n) is 2.96. The number of benzene rings is 1. The second-order valence-corrected chi connectivity index (χ2v) is 6.26. The quantitative estimate of drug-likeness (QED) is 0.824. The van der Waals surface area contributed by atoms with Crippen molar-refractivity contribution in [2.45, 2.75) is 45.0 Å². The van der Waals surface area contributed by atoms with Crippen molar-refractivity contribution in [1.82, 2.24) is 10.2 Å². The Balaban J connectivity index is 2.24. The second kappa shape index (κ2) is 6.08. The number of carbonyl (C=O) groups is 2. The molecule has 0 aliphatic carbocycles. The van der Waals surface area contributed by atoms with Crippen molar-refractivity contribution in [3.8, 4) is 0 Å². The zero-order valence-electron chi connectivity index (χ0n) is 13.6. The first-order valence-corrected chi connectivity index (χ1v) is 7.40. The van der Waals surface area contributed by atoms with Gasteiger partial charge < -0.3 is 10.4 Å². The van der Waals surface area contributed by atoms with E-state index in [0.717, 1.165) is 11.1 Å². The van der Waals surface area contributed by atoms with Gasteiger partial charge in [0, 0.05) is 0 Å². The van der Waals surface area contributed by atoms with Gasteiger partial charge in [-0.3, -0.25) is 9.69 Å². The Morgan fingerprint density at radius 2 is 1.92 bits per heavy atom. The van der Waals surface area contributed by atoms with E-state index in [1.54, 1.807) is 19.1 Å². The molecule has 0 aromatic heterocycles. The predicted molar refractivity (Wildman–Crippen MR) is 80.2 cm³/mol. The summed E-state index contributed by atoms with van der Waals surface area (Å²) in [6.07, 6.45) is -7.92. The summed E-state index contributed by atoms with van der Waals surface area (Å²) in [4.78, 5) is 25.3. The van der Waals surface area contributed by atoms with Crippen LogP contribution in [0, 0.1) is 13.8 Å². The van der Waals surface area contributed by atoms with E-state index in [9.17, 15) is 27.9 Å². The SMILES string of the molecule is Cc1ccc([C@@]2(C)NC(=O)N(C[C@@H](O)CC(F)(F)F)C2=O)c(C)c1. The highest BCUT2D eigenvalue weighted by atomic mass is 19.4. The Morgan fingerprint density at radius 3 is 2.46 bits per heavy atom. The van der Waals surface area contributed by atoms with Gasteiger partial charge in [0.05, 0.1) is 19.1 Å². The molecule has 1 fully saturated rings. The molecule has 0 unspecified atom stereocenters. The normalized spacial score (nSPS) is 22.7. The Labute approximate surface area is 137 Å². The molecule has 0 bridgehead atoms. The Morgan fingerprint density at radius 1 is 1.29 bits per heavy atom. The molecule has 1 heterocycles. The van der Waals surface area contributed by atoms with E-state index in [1.807, 2.05) is 13.0 Å². The van der Waals surface area contributed by atoms with Gasteiger partial charge in [-0.05, 0) is 31.9 Å². The third-order valence-corrected chi connectivity index (χ3v) is 4.06. The minimum absolute atomic E-state index is 0.569. The van der Waals surface area contributed by atoms with Gasteiger partial charge in [0.25, 0.3) is 5.91 Å². The number of aliphatic hydroxyl groups is 1. The molecule has 132 valence electrons. The fraction of sp³-hybridized carbons (Fsp3) is 0.500. The van der Waals surface area contributed by atoms with Crippen molar-refractivity contribution < 1.29 is 27.9 Å². The molecule has 1 aromatic carbocycles. The van der Waals surface area contributed by atoms with E-state index < -0.39 is 42.7 Å². The maximum absolute atomic E-state index is 12.6. The maximum Gasteiger partial charge on any atom is 0.391 e. The summed E-state index contributed by atoms with van der Waals surface area (Å²) in [5.74, 6) is -0.680. The van der Waals surface area contributed by atoms with Gasteiger partial charge >= 0.3 is 12.2 Å². The molecule has 2 atom stereocenters. The van der Waals surface area contributed by atoms with Crippen molar-refractivity contribution in [3.05, 3.63) is 34.9 Å². The van der Waals surface area contributed by atoms with Gasteiger partial charge in [-0.2, -0.15) is 13.2 Å². The van der Waals surface area contributed by atoms with Crippen LogP contribution in [0.25, 0.3) is 0 Å². The van der Waals surface area contributed by atoms with Crippen LogP contribution < -0.4 is 5.32 Å². The van der Waals surface area contributed by atoms with Crippen molar-refractivity contribution in [1.29, 1.82) is 0 Å². The number of hydrogen-bond donors (Lipinski definition) is 2. The number of aliphatic hydroxyl groups excluding tert-OH is 1. The number of halogens is 3. The topological polar surface area (TPSA) is 69.6 Å². The van der Waals surface area contributed by atoms with Gasteiger partial charge in [-0.15, -0.1) is 0 Å². The predicted octanol–water partition coefficient (Wildman–Crippen LogP) is 2.38. The van der Waals surface area contributed by atoms with Crippen LogP contribution in [0.5, 0.6) is 0 Å². The summed E-state index contributed by atoms with van der Waals surface area (Å²) in [5, 5.41) is 12.0. The highest BCUT2D eigenvalue weighted by Gasteiger charge is 2.50. The third-order valence-electron chi connectivity index (χ3n) is 4.06. The minimum Gasteiger partial charge on any atom is -0.391 e. The number of alkyl halides is 3. The highest BCUT2D eigenvalue weighted by Crippen LogP contribution is 2.32.